The first-order valence-electron chi connectivity index (χ1n) is 6.52. The van der Waals surface area contributed by atoms with Crippen LogP contribution in [0.3, 0.4) is 0 Å². The van der Waals surface area contributed by atoms with Crippen molar-refractivity contribution in [3.05, 3.63) is 53.6 Å². The number of alkyl halides is 3. The van der Waals surface area contributed by atoms with Crippen molar-refractivity contribution in [3.63, 3.8) is 0 Å². The Kier molecular flexibility index (Phi) is 4.11. The molecule has 0 heterocycles. The van der Waals surface area contributed by atoms with Crippen LogP contribution < -0.4 is 10.5 Å². The lowest BCUT2D eigenvalue weighted by molar-refractivity contribution is -0.137. The maximum absolute atomic E-state index is 12.6. The number of hydrogen-bond donors (Lipinski definition) is 1. The Hall–Kier alpha value is -2.17. The lowest BCUT2D eigenvalue weighted by Gasteiger charge is -2.15. The van der Waals surface area contributed by atoms with E-state index in [1.807, 2.05) is 32.0 Å². The van der Waals surface area contributed by atoms with E-state index >= 15 is 0 Å². The van der Waals surface area contributed by atoms with Gasteiger partial charge in [-0.15, -0.1) is 0 Å². The van der Waals surface area contributed by atoms with Gasteiger partial charge >= 0.3 is 6.18 Å². The summed E-state index contributed by atoms with van der Waals surface area (Å²) >= 11 is 0. The van der Waals surface area contributed by atoms with E-state index in [9.17, 15) is 13.2 Å². The third-order valence-corrected chi connectivity index (χ3v) is 3.10. The molecule has 2 aromatic carbocycles. The number of halogens is 3. The molecule has 0 radical (unpaired) electrons. The normalized spacial score (nSPS) is 11.7. The average Bonchev–Trinajstić information content (AvgIpc) is 2.40. The van der Waals surface area contributed by atoms with Gasteiger partial charge in [-0.05, 0) is 35.7 Å². The van der Waals surface area contributed by atoms with Crippen LogP contribution in [0.15, 0.2) is 42.5 Å². The quantitative estimate of drug-likeness (QED) is 0.789. The highest BCUT2D eigenvalue weighted by molar-refractivity contribution is 5.56. The van der Waals surface area contributed by atoms with Crippen LogP contribution >= 0.6 is 0 Å². The number of para-hydroxylation sites is 1. The molecular formula is C16H16F3NO. The van der Waals surface area contributed by atoms with Gasteiger partial charge in [0.25, 0.3) is 0 Å². The lowest BCUT2D eigenvalue weighted by Crippen LogP contribution is -2.06. The highest BCUT2D eigenvalue weighted by Gasteiger charge is 2.31. The number of nitrogen functional groups attached to an aromatic ring is 1. The SMILES string of the molecule is CC(C)c1ccccc1Oc1ccc(C(F)(F)F)cc1N. The second kappa shape index (κ2) is 5.68. The van der Waals surface area contributed by atoms with Gasteiger partial charge in [-0.1, -0.05) is 32.0 Å². The monoisotopic (exact) mass is 295 g/mol. The summed E-state index contributed by atoms with van der Waals surface area (Å²) in [5, 5.41) is 0. The number of nitrogens with two attached hydrogens (primary N) is 1. The summed E-state index contributed by atoms with van der Waals surface area (Å²) in [6, 6.07) is 10.5. The zero-order valence-electron chi connectivity index (χ0n) is 11.7. The smallest absolute Gasteiger partial charge is 0.416 e. The maximum atomic E-state index is 12.6. The summed E-state index contributed by atoms with van der Waals surface area (Å²) in [7, 11) is 0. The minimum absolute atomic E-state index is 0.0385. The molecule has 0 unspecified atom stereocenters. The van der Waals surface area contributed by atoms with Crippen molar-refractivity contribution in [1.82, 2.24) is 0 Å². The molecule has 21 heavy (non-hydrogen) atoms. The number of anilines is 1. The summed E-state index contributed by atoms with van der Waals surface area (Å²) in [6.07, 6.45) is -4.41. The molecule has 2 rings (SSSR count). The van der Waals surface area contributed by atoms with E-state index in [4.69, 9.17) is 10.5 Å². The molecule has 0 amide bonds. The van der Waals surface area contributed by atoms with Crippen LogP contribution in [-0.4, -0.2) is 0 Å². The zero-order chi connectivity index (χ0) is 15.6. The van der Waals surface area contributed by atoms with Gasteiger partial charge in [0.15, 0.2) is 0 Å². The van der Waals surface area contributed by atoms with E-state index in [1.54, 1.807) is 6.07 Å². The van der Waals surface area contributed by atoms with Crippen molar-refractivity contribution < 1.29 is 17.9 Å². The lowest BCUT2D eigenvalue weighted by atomic mass is 10.0. The minimum atomic E-state index is -4.41. The van der Waals surface area contributed by atoms with Crippen LogP contribution in [0.2, 0.25) is 0 Å². The Bertz CT molecular complexity index is 636. The summed E-state index contributed by atoms with van der Waals surface area (Å²) in [6.45, 7) is 4.02. The fourth-order valence-corrected chi connectivity index (χ4v) is 1.99. The summed E-state index contributed by atoms with van der Waals surface area (Å²) in [4.78, 5) is 0. The maximum Gasteiger partial charge on any atom is 0.416 e. The van der Waals surface area contributed by atoms with Crippen LogP contribution in [-0.2, 0) is 6.18 Å². The van der Waals surface area contributed by atoms with Crippen molar-refractivity contribution in [1.29, 1.82) is 0 Å². The molecule has 5 heteroatoms. The second-order valence-corrected chi connectivity index (χ2v) is 5.04. The Morgan fingerprint density at radius 2 is 1.67 bits per heavy atom. The van der Waals surface area contributed by atoms with Gasteiger partial charge in [0.1, 0.15) is 11.5 Å². The molecule has 0 bridgehead atoms. The van der Waals surface area contributed by atoms with E-state index in [0.29, 0.717) is 5.75 Å². The Balaban J connectivity index is 2.33. The van der Waals surface area contributed by atoms with Crippen LogP contribution in [0.25, 0.3) is 0 Å². The molecule has 112 valence electrons. The van der Waals surface area contributed by atoms with E-state index in [-0.39, 0.29) is 17.4 Å². The van der Waals surface area contributed by atoms with Crippen molar-refractivity contribution in [2.24, 2.45) is 0 Å². The fourth-order valence-electron chi connectivity index (χ4n) is 1.99. The van der Waals surface area contributed by atoms with Gasteiger partial charge in [0, 0.05) is 0 Å². The Morgan fingerprint density at radius 3 is 2.24 bits per heavy atom. The zero-order valence-corrected chi connectivity index (χ0v) is 11.7. The first-order chi connectivity index (χ1) is 9.79. The van der Waals surface area contributed by atoms with Gasteiger partial charge in [-0.2, -0.15) is 13.2 Å². The predicted octanol–water partition coefficient (Wildman–Crippen LogP) is 5.20. The minimum Gasteiger partial charge on any atom is -0.455 e. The Labute approximate surface area is 121 Å². The molecule has 0 fully saturated rings. The predicted molar refractivity (Wildman–Crippen MR) is 76.5 cm³/mol. The van der Waals surface area contributed by atoms with E-state index in [1.165, 1.54) is 6.07 Å². The molecule has 0 aromatic heterocycles. The van der Waals surface area contributed by atoms with Gasteiger partial charge in [0.05, 0.1) is 11.3 Å². The van der Waals surface area contributed by atoms with Gasteiger partial charge in [-0.3, -0.25) is 0 Å². The molecule has 0 aliphatic carbocycles. The van der Waals surface area contributed by atoms with Crippen LogP contribution in [0.1, 0.15) is 30.9 Å². The molecule has 0 saturated carbocycles. The standard InChI is InChI=1S/C16H16F3NO/c1-10(2)12-5-3-4-6-14(12)21-15-8-7-11(9-13(15)20)16(17,18)19/h3-10H,20H2,1-2H3. The third-order valence-electron chi connectivity index (χ3n) is 3.10. The molecule has 0 saturated heterocycles. The summed E-state index contributed by atoms with van der Waals surface area (Å²) in [5.74, 6) is 1.05. The molecule has 0 spiro atoms. The molecule has 0 aliphatic rings. The third kappa shape index (κ3) is 3.48. The second-order valence-electron chi connectivity index (χ2n) is 5.04. The van der Waals surface area contributed by atoms with E-state index < -0.39 is 11.7 Å². The highest BCUT2D eigenvalue weighted by Crippen LogP contribution is 2.37. The molecule has 0 aliphatic heterocycles. The topological polar surface area (TPSA) is 35.2 Å². The molecular weight excluding hydrogens is 279 g/mol. The highest BCUT2D eigenvalue weighted by atomic mass is 19.4. The van der Waals surface area contributed by atoms with Crippen molar-refractivity contribution in [2.45, 2.75) is 25.9 Å². The molecule has 0 atom stereocenters. The van der Waals surface area contributed by atoms with Crippen LogP contribution in [0.4, 0.5) is 18.9 Å². The number of rotatable bonds is 3. The van der Waals surface area contributed by atoms with Crippen molar-refractivity contribution in [3.8, 4) is 11.5 Å². The number of hydrogen-bond acceptors (Lipinski definition) is 2. The average molecular weight is 295 g/mol. The fraction of sp³-hybridized carbons (Fsp3) is 0.250. The number of ether oxygens (including phenoxy) is 1. The van der Waals surface area contributed by atoms with Crippen molar-refractivity contribution >= 4 is 5.69 Å². The summed E-state index contributed by atoms with van der Waals surface area (Å²) < 4.78 is 43.5. The molecule has 2 aromatic rings. The number of benzene rings is 2. The van der Waals surface area contributed by atoms with Gasteiger partial charge in [-0.25, -0.2) is 0 Å². The molecule has 2 N–H and O–H groups in total. The first-order valence-corrected chi connectivity index (χ1v) is 6.52. The van der Waals surface area contributed by atoms with E-state index in [2.05, 4.69) is 0 Å². The van der Waals surface area contributed by atoms with Gasteiger partial charge < -0.3 is 10.5 Å². The van der Waals surface area contributed by atoms with Crippen LogP contribution in [0.5, 0.6) is 11.5 Å². The van der Waals surface area contributed by atoms with Crippen molar-refractivity contribution in [2.75, 3.05) is 5.73 Å². The molecule has 2 nitrogen and oxygen atoms in total. The first kappa shape index (κ1) is 15.2. The summed E-state index contributed by atoms with van der Waals surface area (Å²) in [5.41, 5.74) is 5.81. The van der Waals surface area contributed by atoms with E-state index in [0.717, 1.165) is 17.7 Å². The largest absolute Gasteiger partial charge is 0.455 e. The van der Waals surface area contributed by atoms with Gasteiger partial charge in [0.2, 0.25) is 0 Å². The Morgan fingerprint density at radius 1 is 1.00 bits per heavy atom. The van der Waals surface area contributed by atoms with Crippen LogP contribution in [0, 0.1) is 0 Å².